The van der Waals surface area contributed by atoms with Gasteiger partial charge >= 0.3 is 0 Å². The number of benzene rings is 1. The molecule has 0 saturated carbocycles. The molecular weight excluding hydrogens is 162 g/mol. The van der Waals surface area contributed by atoms with Crippen molar-refractivity contribution in [2.24, 2.45) is 5.73 Å². The van der Waals surface area contributed by atoms with Crippen molar-refractivity contribution >= 4 is 5.78 Å². The molecule has 0 saturated heterocycles. The van der Waals surface area contributed by atoms with Crippen molar-refractivity contribution in [3.8, 4) is 0 Å². The molecule has 0 fully saturated rings. The summed E-state index contributed by atoms with van der Waals surface area (Å²) < 4.78 is 0. The maximum Gasteiger partial charge on any atom is 0.163 e. The van der Waals surface area contributed by atoms with Crippen LogP contribution in [0.15, 0.2) is 24.3 Å². The third-order valence-corrected chi connectivity index (χ3v) is 1.89. The fourth-order valence-electron chi connectivity index (χ4n) is 1.30. The number of hydrogen-bond acceptors (Lipinski definition) is 2. The van der Waals surface area contributed by atoms with Crippen molar-refractivity contribution in [3.63, 3.8) is 0 Å². The number of carbonyl (C=O) groups excluding carboxylic acids is 1. The van der Waals surface area contributed by atoms with Gasteiger partial charge in [0.15, 0.2) is 5.78 Å². The summed E-state index contributed by atoms with van der Waals surface area (Å²) in [6.07, 6.45) is 1.62. The zero-order valence-corrected chi connectivity index (χ0v) is 7.92. The quantitative estimate of drug-likeness (QED) is 0.656. The average molecular weight is 177 g/mol. The Morgan fingerprint density at radius 2 is 2.08 bits per heavy atom. The molecule has 1 aromatic carbocycles. The van der Waals surface area contributed by atoms with Gasteiger partial charge in [-0.2, -0.15) is 0 Å². The van der Waals surface area contributed by atoms with Crippen LogP contribution in [0.5, 0.6) is 0 Å². The Bertz CT molecular complexity index is 294. The Labute approximate surface area is 78.8 Å². The molecule has 13 heavy (non-hydrogen) atoms. The van der Waals surface area contributed by atoms with E-state index in [2.05, 4.69) is 6.07 Å². The first-order valence-corrected chi connectivity index (χ1v) is 4.60. The van der Waals surface area contributed by atoms with Gasteiger partial charge in [0.2, 0.25) is 0 Å². The van der Waals surface area contributed by atoms with E-state index >= 15 is 0 Å². The molecule has 70 valence electrons. The molecule has 1 aliphatic carbocycles. The van der Waals surface area contributed by atoms with Crippen molar-refractivity contribution < 1.29 is 4.79 Å². The maximum atomic E-state index is 11.1. The van der Waals surface area contributed by atoms with E-state index in [0.29, 0.717) is 6.42 Å². The minimum absolute atomic E-state index is 0.285. The first-order valence-electron chi connectivity index (χ1n) is 4.60. The monoisotopic (exact) mass is 177 g/mol. The Hall–Kier alpha value is -1.15. The number of Topliss-reactive ketones (excluding diaryl/α,β-unsaturated/α-hetero) is 1. The van der Waals surface area contributed by atoms with Gasteiger partial charge in [0.05, 0.1) is 0 Å². The van der Waals surface area contributed by atoms with Crippen molar-refractivity contribution in [1.29, 1.82) is 0 Å². The molecule has 0 unspecified atom stereocenters. The Balaban J connectivity index is 0.000000251. The molecule has 0 heterocycles. The smallest absolute Gasteiger partial charge is 0.163 e. The summed E-state index contributed by atoms with van der Waals surface area (Å²) in [4.78, 5) is 11.1. The summed E-state index contributed by atoms with van der Waals surface area (Å²) in [5, 5.41) is 0. The minimum Gasteiger partial charge on any atom is -0.331 e. The van der Waals surface area contributed by atoms with Crippen molar-refractivity contribution in [2.45, 2.75) is 19.8 Å². The van der Waals surface area contributed by atoms with Crippen molar-refractivity contribution in [1.82, 2.24) is 0 Å². The van der Waals surface area contributed by atoms with E-state index in [9.17, 15) is 4.79 Å². The van der Waals surface area contributed by atoms with Gasteiger partial charge in [0.25, 0.3) is 0 Å². The first kappa shape index (κ1) is 9.93. The van der Waals surface area contributed by atoms with Gasteiger partial charge in [-0.1, -0.05) is 25.1 Å². The third-order valence-electron chi connectivity index (χ3n) is 1.89. The summed E-state index contributed by atoms with van der Waals surface area (Å²) in [6, 6.07) is 7.87. The molecule has 2 bridgehead atoms. The number of aryl methyl sites for hydroxylation is 1. The van der Waals surface area contributed by atoms with Gasteiger partial charge in [0.1, 0.15) is 0 Å². The number of ketones is 1. The van der Waals surface area contributed by atoms with Crippen LogP contribution in [0, 0.1) is 0 Å². The normalized spacial score (nSPS) is 13.2. The van der Waals surface area contributed by atoms with Gasteiger partial charge in [-0.05, 0) is 24.6 Å². The Morgan fingerprint density at radius 1 is 1.38 bits per heavy atom. The van der Waals surface area contributed by atoms with E-state index in [4.69, 9.17) is 5.73 Å². The van der Waals surface area contributed by atoms with Gasteiger partial charge in [-0.25, -0.2) is 0 Å². The highest BCUT2D eigenvalue weighted by atomic mass is 16.1. The molecule has 0 atom stereocenters. The van der Waals surface area contributed by atoms with Gasteiger partial charge in [-0.3, -0.25) is 4.79 Å². The fraction of sp³-hybridized carbons (Fsp3) is 0.364. The van der Waals surface area contributed by atoms with Gasteiger partial charge < -0.3 is 5.73 Å². The average Bonchev–Trinajstić information content (AvgIpc) is 2.14. The highest BCUT2D eigenvalue weighted by molar-refractivity contribution is 5.97. The number of hydrogen-bond donors (Lipinski definition) is 1. The van der Waals surface area contributed by atoms with E-state index in [1.807, 2.05) is 25.1 Å². The van der Waals surface area contributed by atoms with Crippen LogP contribution in [-0.4, -0.2) is 12.3 Å². The van der Waals surface area contributed by atoms with Crippen LogP contribution in [0.1, 0.15) is 29.3 Å². The molecule has 1 aliphatic rings. The lowest BCUT2D eigenvalue weighted by Crippen LogP contribution is -2.06. The van der Waals surface area contributed by atoms with Crippen LogP contribution in [0.2, 0.25) is 0 Å². The molecule has 1 aromatic rings. The SMILES string of the molecule is CCN.O=C1CCc2cccc1c2. The summed E-state index contributed by atoms with van der Waals surface area (Å²) in [5.74, 6) is 0.285. The van der Waals surface area contributed by atoms with Gasteiger partial charge in [0, 0.05) is 12.0 Å². The minimum atomic E-state index is 0.285. The molecule has 2 heteroatoms. The summed E-state index contributed by atoms with van der Waals surface area (Å²) >= 11 is 0. The summed E-state index contributed by atoms with van der Waals surface area (Å²) in [6.45, 7) is 2.65. The van der Waals surface area contributed by atoms with Crippen LogP contribution in [-0.2, 0) is 6.42 Å². The number of carbonyl (C=O) groups is 1. The van der Waals surface area contributed by atoms with Crippen molar-refractivity contribution in [3.05, 3.63) is 35.4 Å². The largest absolute Gasteiger partial charge is 0.331 e. The molecule has 2 nitrogen and oxygen atoms in total. The van der Waals surface area contributed by atoms with E-state index in [-0.39, 0.29) is 5.78 Å². The van der Waals surface area contributed by atoms with Crippen LogP contribution in [0.3, 0.4) is 0 Å². The zero-order chi connectivity index (χ0) is 9.68. The first-order chi connectivity index (χ1) is 6.27. The number of rotatable bonds is 0. The fourth-order valence-corrected chi connectivity index (χ4v) is 1.30. The third kappa shape index (κ3) is 2.67. The van der Waals surface area contributed by atoms with Crippen molar-refractivity contribution in [2.75, 3.05) is 6.54 Å². The Kier molecular flexibility index (Phi) is 3.65. The van der Waals surface area contributed by atoms with Gasteiger partial charge in [-0.15, -0.1) is 0 Å². The predicted molar refractivity (Wildman–Crippen MR) is 53.8 cm³/mol. The van der Waals surface area contributed by atoms with E-state index in [1.54, 1.807) is 0 Å². The molecule has 0 aliphatic heterocycles. The lowest BCUT2D eigenvalue weighted by atomic mass is 9.95. The van der Waals surface area contributed by atoms with Crippen LogP contribution < -0.4 is 5.73 Å². The molecule has 0 amide bonds. The lowest BCUT2D eigenvalue weighted by Gasteiger charge is -2.09. The summed E-state index contributed by atoms with van der Waals surface area (Å²) in [5.41, 5.74) is 7.01. The van der Waals surface area contributed by atoms with Crippen LogP contribution in [0.25, 0.3) is 0 Å². The molecule has 0 radical (unpaired) electrons. The van der Waals surface area contributed by atoms with Crippen LogP contribution >= 0.6 is 0 Å². The maximum absolute atomic E-state index is 11.1. The summed E-state index contributed by atoms with van der Waals surface area (Å²) in [7, 11) is 0. The van der Waals surface area contributed by atoms with E-state index in [0.717, 1.165) is 18.5 Å². The highest BCUT2D eigenvalue weighted by Gasteiger charge is 2.11. The molecule has 2 rings (SSSR count). The topological polar surface area (TPSA) is 43.1 Å². The molecule has 0 aromatic heterocycles. The number of nitrogens with two attached hydrogens (primary N) is 1. The molecule has 2 N–H and O–H groups in total. The second-order valence-electron chi connectivity index (χ2n) is 3.03. The van der Waals surface area contributed by atoms with Crippen LogP contribution in [0.4, 0.5) is 0 Å². The highest BCUT2D eigenvalue weighted by Crippen LogP contribution is 2.15. The Morgan fingerprint density at radius 3 is 2.69 bits per heavy atom. The second kappa shape index (κ2) is 4.77. The zero-order valence-electron chi connectivity index (χ0n) is 7.92. The second-order valence-corrected chi connectivity index (χ2v) is 3.03. The van der Waals surface area contributed by atoms with E-state index in [1.165, 1.54) is 5.56 Å². The lowest BCUT2D eigenvalue weighted by molar-refractivity contribution is 0.0979. The van der Waals surface area contributed by atoms with E-state index < -0.39 is 0 Å². The standard InChI is InChI=1S/C9H8O.C2H7N/c10-9-5-4-7-2-1-3-8(9)6-7;1-2-3/h1-3,6H,4-5H2;2-3H2,1H3. The molecular formula is C11H15NO. The molecule has 0 spiro atoms. The predicted octanol–water partition coefficient (Wildman–Crippen LogP) is 1.78. The number of fused-ring (bicyclic) bond motifs is 2.